The van der Waals surface area contributed by atoms with Crippen molar-refractivity contribution >= 4 is 35.0 Å². The van der Waals surface area contributed by atoms with Gasteiger partial charge in [0.25, 0.3) is 5.91 Å². The predicted molar refractivity (Wildman–Crippen MR) is 124 cm³/mol. The van der Waals surface area contributed by atoms with Crippen LogP contribution < -0.4 is 14.5 Å². The van der Waals surface area contributed by atoms with Gasteiger partial charge in [-0.2, -0.15) is 10.1 Å². The van der Waals surface area contributed by atoms with Crippen molar-refractivity contribution in [2.75, 3.05) is 12.1 Å². The summed E-state index contributed by atoms with van der Waals surface area (Å²) in [6.45, 7) is 2.15. The number of para-hydroxylation sites is 1. The van der Waals surface area contributed by atoms with Gasteiger partial charge in [-0.3, -0.25) is 4.79 Å². The quantitative estimate of drug-likeness (QED) is 0.467. The maximum atomic E-state index is 12.9. The summed E-state index contributed by atoms with van der Waals surface area (Å²) in [5.41, 5.74) is 3.63. The molecule has 1 amide bonds. The molecule has 1 heterocycles. The number of hydrogen-bond acceptors (Lipinski definition) is 4. The fourth-order valence-corrected chi connectivity index (χ4v) is 3.45. The van der Waals surface area contributed by atoms with Gasteiger partial charge in [0.05, 0.1) is 24.1 Å². The summed E-state index contributed by atoms with van der Waals surface area (Å²) in [4.78, 5) is 12.9. The molecule has 0 saturated carbocycles. The third kappa shape index (κ3) is 4.47. The highest BCUT2D eigenvalue weighted by Gasteiger charge is 2.28. The summed E-state index contributed by atoms with van der Waals surface area (Å²) in [7, 11) is 1.58. The topological polar surface area (TPSA) is 51.1 Å². The average molecular weight is 433 g/mol. The van der Waals surface area contributed by atoms with Crippen LogP contribution in [0.25, 0.3) is 6.08 Å². The maximum Gasteiger partial charge on any atom is 0.280 e. The number of methoxy groups -OCH3 is 1. The third-order valence-corrected chi connectivity index (χ3v) is 5.27. The van der Waals surface area contributed by atoms with E-state index in [0.717, 1.165) is 16.8 Å². The van der Waals surface area contributed by atoms with Gasteiger partial charge >= 0.3 is 0 Å². The number of carbonyl (C=O) groups is 1. The van der Waals surface area contributed by atoms with Crippen LogP contribution in [0.4, 0.5) is 5.69 Å². The molecule has 0 unspecified atom stereocenters. The molecule has 3 aromatic carbocycles. The Morgan fingerprint density at radius 2 is 1.74 bits per heavy atom. The fraction of sp³-hybridized carbons (Fsp3) is 0.120. The second-order valence-corrected chi connectivity index (χ2v) is 7.39. The minimum atomic E-state index is -0.165. The maximum absolute atomic E-state index is 12.9. The van der Waals surface area contributed by atoms with Crippen molar-refractivity contribution < 1.29 is 14.3 Å². The normalized spacial score (nSPS) is 14.7. The van der Waals surface area contributed by atoms with Crippen molar-refractivity contribution in [1.29, 1.82) is 0 Å². The lowest BCUT2D eigenvalue weighted by atomic mass is 10.1. The molecular weight excluding hydrogens is 412 g/mol. The van der Waals surface area contributed by atoms with Gasteiger partial charge in [-0.15, -0.1) is 0 Å². The van der Waals surface area contributed by atoms with Crippen molar-refractivity contribution in [1.82, 2.24) is 0 Å². The van der Waals surface area contributed by atoms with Gasteiger partial charge in [0.1, 0.15) is 6.61 Å². The minimum Gasteiger partial charge on any atom is -0.493 e. The van der Waals surface area contributed by atoms with Crippen LogP contribution in [-0.2, 0) is 11.4 Å². The van der Waals surface area contributed by atoms with Gasteiger partial charge in [-0.25, -0.2) is 0 Å². The number of halogens is 1. The van der Waals surface area contributed by atoms with Gasteiger partial charge < -0.3 is 9.47 Å². The molecule has 0 atom stereocenters. The van der Waals surface area contributed by atoms with E-state index < -0.39 is 0 Å². The zero-order chi connectivity index (χ0) is 21.8. The highest BCUT2D eigenvalue weighted by Crippen LogP contribution is 2.31. The molecule has 0 saturated heterocycles. The van der Waals surface area contributed by atoms with E-state index in [0.29, 0.717) is 34.4 Å². The van der Waals surface area contributed by atoms with Crippen LogP contribution in [0.1, 0.15) is 18.1 Å². The van der Waals surface area contributed by atoms with Crippen LogP contribution in [0.5, 0.6) is 11.5 Å². The highest BCUT2D eigenvalue weighted by atomic mass is 35.5. The monoisotopic (exact) mass is 432 g/mol. The van der Waals surface area contributed by atoms with Crippen LogP contribution in [0.2, 0.25) is 5.02 Å². The number of benzene rings is 3. The fourth-order valence-electron chi connectivity index (χ4n) is 3.26. The lowest BCUT2D eigenvalue weighted by molar-refractivity contribution is -0.114. The number of hydrazone groups is 1. The largest absolute Gasteiger partial charge is 0.493 e. The molecule has 1 aliphatic heterocycles. The van der Waals surface area contributed by atoms with Crippen molar-refractivity contribution in [3.05, 3.63) is 94.5 Å². The number of rotatable bonds is 6. The number of nitrogens with zero attached hydrogens (tertiary/aromatic N) is 2. The molecule has 0 spiro atoms. The first kappa shape index (κ1) is 20.7. The Hall–Kier alpha value is -3.57. The summed E-state index contributed by atoms with van der Waals surface area (Å²) >= 11 is 6.20. The smallest absolute Gasteiger partial charge is 0.280 e. The Morgan fingerprint density at radius 3 is 2.48 bits per heavy atom. The van der Waals surface area contributed by atoms with E-state index in [1.54, 1.807) is 7.11 Å². The van der Waals surface area contributed by atoms with E-state index in [2.05, 4.69) is 5.10 Å². The van der Waals surface area contributed by atoms with E-state index >= 15 is 0 Å². The molecule has 0 radical (unpaired) electrons. The van der Waals surface area contributed by atoms with Crippen LogP contribution in [0.3, 0.4) is 0 Å². The molecule has 6 heteroatoms. The summed E-state index contributed by atoms with van der Waals surface area (Å²) < 4.78 is 11.4. The van der Waals surface area contributed by atoms with Crippen LogP contribution in [0, 0.1) is 0 Å². The molecule has 1 aliphatic rings. The van der Waals surface area contributed by atoms with E-state index in [1.807, 2.05) is 85.8 Å². The molecule has 31 heavy (non-hydrogen) atoms. The second-order valence-electron chi connectivity index (χ2n) is 6.99. The molecule has 0 aliphatic carbocycles. The molecule has 0 bridgehead atoms. The van der Waals surface area contributed by atoms with Crippen molar-refractivity contribution in [2.24, 2.45) is 5.10 Å². The zero-order valence-electron chi connectivity index (χ0n) is 17.2. The minimum absolute atomic E-state index is 0.165. The average Bonchev–Trinajstić information content (AvgIpc) is 3.08. The number of hydrogen-bond donors (Lipinski definition) is 0. The van der Waals surface area contributed by atoms with Gasteiger partial charge in [0.15, 0.2) is 11.5 Å². The first-order valence-corrected chi connectivity index (χ1v) is 10.2. The SMILES string of the molecule is COc1cc(/C=C2\C(=O)N(c3ccccc3)N=C2C)ccc1OCc1ccccc1Cl. The molecule has 156 valence electrons. The Balaban J connectivity index is 1.55. The van der Waals surface area contributed by atoms with Crippen molar-refractivity contribution in [2.45, 2.75) is 13.5 Å². The van der Waals surface area contributed by atoms with Gasteiger partial charge in [0, 0.05) is 10.6 Å². The highest BCUT2D eigenvalue weighted by molar-refractivity contribution is 6.32. The standard InChI is InChI=1S/C25H21ClN2O3/c1-17-21(25(29)28(27-17)20-9-4-3-5-10-20)14-18-12-13-23(24(15-18)30-2)31-16-19-8-6-7-11-22(19)26/h3-15H,16H2,1-2H3/b21-14-. The Morgan fingerprint density at radius 1 is 1.00 bits per heavy atom. The summed E-state index contributed by atoms with van der Waals surface area (Å²) in [6.07, 6.45) is 1.81. The number of amides is 1. The first-order valence-electron chi connectivity index (χ1n) is 9.78. The lowest BCUT2D eigenvalue weighted by Gasteiger charge is -2.13. The van der Waals surface area contributed by atoms with Crippen LogP contribution >= 0.6 is 11.6 Å². The molecular formula is C25H21ClN2O3. The van der Waals surface area contributed by atoms with Gasteiger partial charge in [0.2, 0.25) is 0 Å². The van der Waals surface area contributed by atoms with E-state index in [-0.39, 0.29) is 5.91 Å². The summed E-state index contributed by atoms with van der Waals surface area (Å²) in [5, 5.41) is 6.48. The molecule has 0 fully saturated rings. The van der Waals surface area contributed by atoms with E-state index in [4.69, 9.17) is 21.1 Å². The van der Waals surface area contributed by atoms with E-state index in [1.165, 1.54) is 5.01 Å². The van der Waals surface area contributed by atoms with Crippen LogP contribution in [0.15, 0.2) is 83.5 Å². The molecule has 0 N–H and O–H groups in total. The number of carbonyl (C=O) groups excluding carboxylic acids is 1. The number of anilines is 1. The molecule has 3 aromatic rings. The summed E-state index contributed by atoms with van der Waals surface area (Å²) in [6, 6.07) is 22.4. The Bertz CT molecular complexity index is 1170. The number of ether oxygens (including phenoxy) is 2. The van der Waals surface area contributed by atoms with Gasteiger partial charge in [-0.1, -0.05) is 54.1 Å². The molecule has 5 nitrogen and oxygen atoms in total. The lowest BCUT2D eigenvalue weighted by Crippen LogP contribution is -2.21. The Kier molecular flexibility index (Phi) is 6.05. The summed E-state index contributed by atoms with van der Waals surface area (Å²) in [5.74, 6) is 1.00. The van der Waals surface area contributed by atoms with Gasteiger partial charge in [-0.05, 0) is 48.9 Å². The molecule has 4 rings (SSSR count). The third-order valence-electron chi connectivity index (χ3n) is 4.90. The Labute approximate surface area is 186 Å². The van der Waals surface area contributed by atoms with Crippen LogP contribution in [-0.4, -0.2) is 18.7 Å². The first-order chi connectivity index (χ1) is 15.1. The van der Waals surface area contributed by atoms with Crippen molar-refractivity contribution in [3.8, 4) is 11.5 Å². The van der Waals surface area contributed by atoms with E-state index in [9.17, 15) is 4.79 Å². The zero-order valence-corrected chi connectivity index (χ0v) is 18.0. The second kappa shape index (κ2) is 9.06. The van der Waals surface area contributed by atoms with Crippen molar-refractivity contribution in [3.63, 3.8) is 0 Å². The predicted octanol–water partition coefficient (Wildman–Crippen LogP) is 5.73. The molecule has 0 aromatic heterocycles.